The first kappa shape index (κ1) is 13.6. The number of hydrogen-bond donors (Lipinski definition) is 0. The van der Waals surface area contributed by atoms with Crippen molar-refractivity contribution < 1.29 is 4.79 Å². The highest BCUT2D eigenvalue weighted by molar-refractivity contribution is 6.42. The van der Waals surface area contributed by atoms with Gasteiger partial charge in [-0.25, -0.2) is 0 Å². The van der Waals surface area contributed by atoms with E-state index >= 15 is 0 Å². The number of amides is 1. The molecule has 0 bridgehead atoms. The van der Waals surface area contributed by atoms with Gasteiger partial charge in [-0.05, 0) is 24.6 Å². The van der Waals surface area contributed by atoms with Gasteiger partial charge in [0.25, 0.3) is 0 Å². The Kier molecular flexibility index (Phi) is 4.90. The van der Waals surface area contributed by atoms with Crippen LogP contribution in [0.2, 0.25) is 10.0 Å². The van der Waals surface area contributed by atoms with Crippen molar-refractivity contribution in [3.05, 3.63) is 33.8 Å². The number of carbonyl (C=O) groups excluding carboxylic acids is 1. The summed E-state index contributed by atoms with van der Waals surface area (Å²) in [4.78, 5) is 13.1. The fraction of sp³-hybridized carbons (Fsp3) is 0.364. The molecule has 0 heterocycles. The van der Waals surface area contributed by atoms with E-state index < -0.39 is 5.38 Å². The molecule has 16 heavy (non-hydrogen) atoms. The van der Waals surface area contributed by atoms with Gasteiger partial charge in [0.1, 0.15) is 5.38 Å². The van der Waals surface area contributed by atoms with E-state index in [0.29, 0.717) is 16.6 Å². The zero-order valence-corrected chi connectivity index (χ0v) is 11.3. The van der Waals surface area contributed by atoms with Crippen LogP contribution < -0.4 is 0 Å². The second-order valence-electron chi connectivity index (χ2n) is 3.56. The fourth-order valence-corrected chi connectivity index (χ4v) is 1.78. The van der Waals surface area contributed by atoms with Crippen molar-refractivity contribution in [3.8, 4) is 0 Å². The summed E-state index contributed by atoms with van der Waals surface area (Å²) in [6.45, 7) is 2.11. The summed E-state index contributed by atoms with van der Waals surface area (Å²) in [6, 6.07) is 5.28. The van der Waals surface area contributed by atoms with E-state index in [0.717, 1.165) is 5.56 Å². The van der Waals surface area contributed by atoms with Crippen molar-refractivity contribution in [1.29, 1.82) is 0 Å². The van der Waals surface area contributed by atoms with Gasteiger partial charge >= 0.3 is 0 Å². The number of rotatable bonds is 3. The molecule has 0 saturated heterocycles. The average Bonchev–Trinajstić information content (AvgIpc) is 2.22. The van der Waals surface area contributed by atoms with Crippen molar-refractivity contribution in [2.75, 3.05) is 7.05 Å². The van der Waals surface area contributed by atoms with E-state index in [1.807, 2.05) is 6.07 Å². The minimum Gasteiger partial charge on any atom is -0.340 e. The monoisotopic (exact) mass is 279 g/mol. The molecule has 1 atom stereocenters. The van der Waals surface area contributed by atoms with Gasteiger partial charge in [0.05, 0.1) is 10.0 Å². The van der Waals surface area contributed by atoms with Crippen molar-refractivity contribution >= 4 is 40.7 Å². The normalized spacial score (nSPS) is 12.3. The van der Waals surface area contributed by atoms with Crippen molar-refractivity contribution in [1.82, 2.24) is 4.90 Å². The van der Waals surface area contributed by atoms with Crippen molar-refractivity contribution in [2.45, 2.75) is 18.8 Å². The molecule has 0 spiro atoms. The van der Waals surface area contributed by atoms with Gasteiger partial charge in [0.15, 0.2) is 0 Å². The number of benzene rings is 1. The zero-order valence-electron chi connectivity index (χ0n) is 9.01. The molecular formula is C11H12Cl3NO. The molecule has 0 fully saturated rings. The van der Waals surface area contributed by atoms with Crippen LogP contribution in [-0.4, -0.2) is 23.2 Å². The minimum absolute atomic E-state index is 0.118. The molecule has 1 aromatic carbocycles. The summed E-state index contributed by atoms with van der Waals surface area (Å²) < 4.78 is 0. The molecule has 0 saturated carbocycles. The number of hydrogen-bond acceptors (Lipinski definition) is 1. The molecule has 1 amide bonds. The van der Waals surface area contributed by atoms with Crippen LogP contribution in [0.5, 0.6) is 0 Å². The summed E-state index contributed by atoms with van der Waals surface area (Å²) in [5.41, 5.74) is 0.919. The largest absolute Gasteiger partial charge is 0.340 e. The molecule has 1 unspecified atom stereocenters. The predicted octanol–water partition coefficient (Wildman–Crippen LogP) is 3.58. The highest BCUT2D eigenvalue weighted by Crippen LogP contribution is 2.23. The maximum Gasteiger partial charge on any atom is 0.240 e. The van der Waals surface area contributed by atoms with E-state index in [-0.39, 0.29) is 5.91 Å². The Bertz CT molecular complexity index is 393. The Morgan fingerprint density at radius 3 is 2.50 bits per heavy atom. The van der Waals surface area contributed by atoms with E-state index in [1.165, 1.54) is 0 Å². The van der Waals surface area contributed by atoms with E-state index in [4.69, 9.17) is 34.8 Å². The summed E-state index contributed by atoms with van der Waals surface area (Å²) in [5.74, 6) is -0.118. The maximum absolute atomic E-state index is 11.5. The first-order chi connectivity index (χ1) is 7.41. The van der Waals surface area contributed by atoms with Gasteiger partial charge in [-0.3, -0.25) is 4.79 Å². The van der Waals surface area contributed by atoms with Gasteiger partial charge in [0.2, 0.25) is 5.91 Å². The lowest BCUT2D eigenvalue weighted by atomic mass is 10.2. The molecule has 5 heteroatoms. The van der Waals surface area contributed by atoms with Crippen LogP contribution in [0.25, 0.3) is 0 Å². The van der Waals surface area contributed by atoms with E-state index in [2.05, 4.69) is 0 Å². The van der Waals surface area contributed by atoms with Crippen LogP contribution in [-0.2, 0) is 11.3 Å². The highest BCUT2D eigenvalue weighted by Gasteiger charge is 2.15. The maximum atomic E-state index is 11.5. The van der Waals surface area contributed by atoms with Crippen LogP contribution >= 0.6 is 34.8 Å². The number of alkyl halides is 1. The summed E-state index contributed by atoms with van der Waals surface area (Å²) >= 11 is 17.4. The van der Waals surface area contributed by atoms with Gasteiger partial charge in [-0.1, -0.05) is 29.3 Å². The standard InChI is InChI=1S/C11H12Cl3NO/c1-7(12)11(16)15(2)6-8-3-4-9(13)10(14)5-8/h3-5,7H,6H2,1-2H3. The average molecular weight is 281 g/mol. The molecule has 88 valence electrons. The summed E-state index contributed by atoms with van der Waals surface area (Å²) in [5, 5.41) is 0.469. The minimum atomic E-state index is -0.521. The SMILES string of the molecule is CC(Cl)C(=O)N(C)Cc1ccc(Cl)c(Cl)c1. The molecular weight excluding hydrogens is 268 g/mol. The smallest absolute Gasteiger partial charge is 0.240 e. The Labute approximate surface area is 110 Å². The molecule has 0 aromatic heterocycles. The third-order valence-corrected chi connectivity index (χ3v) is 3.05. The van der Waals surface area contributed by atoms with Crippen LogP contribution in [0.4, 0.5) is 0 Å². The highest BCUT2D eigenvalue weighted by atomic mass is 35.5. The third kappa shape index (κ3) is 3.55. The molecule has 0 aliphatic rings. The lowest BCUT2D eigenvalue weighted by Crippen LogP contribution is -2.31. The van der Waals surface area contributed by atoms with Gasteiger partial charge < -0.3 is 4.90 Å². The Morgan fingerprint density at radius 2 is 2.00 bits per heavy atom. The molecule has 1 rings (SSSR count). The zero-order chi connectivity index (χ0) is 12.3. The lowest BCUT2D eigenvalue weighted by molar-refractivity contribution is -0.129. The number of nitrogens with zero attached hydrogens (tertiary/aromatic N) is 1. The number of carbonyl (C=O) groups is 1. The molecule has 0 aliphatic carbocycles. The fourth-order valence-electron chi connectivity index (χ4n) is 1.29. The van der Waals surface area contributed by atoms with Gasteiger partial charge in [-0.15, -0.1) is 11.6 Å². The quantitative estimate of drug-likeness (QED) is 0.775. The van der Waals surface area contributed by atoms with Crippen LogP contribution in [0.15, 0.2) is 18.2 Å². The van der Waals surface area contributed by atoms with Gasteiger partial charge in [0, 0.05) is 13.6 Å². The second kappa shape index (κ2) is 5.76. The molecule has 0 radical (unpaired) electrons. The molecule has 0 N–H and O–H groups in total. The lowest BCUT2D eigenvalue weighted by Gasteiger charge is -2.18. The van der Waals surface area contributed by atoms with Crippen LogP contribution in [0.3, 0.4) is 0 Å². The topological polar surface area (TPSA) is 20.3 Å². The Morgan fingerprint density at radius 1 is 1.38 bits per heavy atom. The second-order valence-corrected chi connectivity index (χ2v) is 5.03. The third-order valence-electron chi connectivity index (χ3n) is 2.12. The molecule has 0 aliphatic heterocycles. The van der Waals surface area contributed by atoms with Gasteiger partial charge in [-0.2, -0.15) is 0 Å². The molecule has 2 nitrogen and oxygen atoms in total. The summed E-state index contributed by atoms with van der Waals surface area (Å²) in [7, 11) is 1.70. The first-order valence-corrected chi connectivity index (χ1v) is 5.94. The first-order valence-electron chi connectivity index (χ1n) is 4.74. The van der Waals surface area contributed by atoms with E-state index in [9.17, 15) is 4.79 Å². The van der Waals surface area contributed by atoms with Crippen molar-refractivity contribution in [3.63, 3.8) is 0 Å². The molecule has 1 aromatic rings. The number of halogens is 3. The Hall–Kier alpha value is -0.440. The predicted molar refractivity (Wildman–Crippen MR) is 68.3 cm³/mol. The van der Waals surface area contributed by atoms with Crippen molar-refractivity contribution in [2.24, 2.45) is 0 Å². The van der Waals surface area contributed by atoms with Crippen LogP contribution in [0, 0.1) is 0 Å². The summed E-state index contributed by atoms with van der Waals surface area (Å²) in [6.07, 6.45) is 0. The van der Waals surface area contributed by atoms with E-state index in [1.54, 1.807) is 31.0 Å². The Balaban J connectivity index is 2.73. The van der Waals surface area contributed by atoms with Crippen LogP contribution in [0.1, 0.15) is 12.5 Å².